The molecule has 0 saturated heterocycles. The predicted molar refractivity (Wildman–Crippen MR) is 114 cm³/mol. The van der Waals surface area contributed by atoms with Crippen molar-refractivity contribution in [1.82, 2.24) is 4.98 Å². The van der Waals surface area contributed by atoms with Gasteiger partial charge in [-0.3, -0.25) is 4.79 Å². The minimum Gasteiger partial charge on any atom is -0.476 e. The Bertz CT molecular complexity index is 696. The highest BCUT2D eigenvalue weighted by Gasteiger charge is 2.32. The highest BCUT2D eigenvalue weighted by atomic mass is 32.2. The van der Waals surface area contributed by atoms with Crippen LogP contribution in [0, 0.1) is 17.8 Å². The lowest BCUT2D eigenvalue weighted by atomic mass is 9.89. The molecule has 3 atom stereocenters. The smallest absolute Gasteiger partial charge is 0.355 e. The number of hydrogen-bond donors (Lipinski definition) is 2. The highest BCUT2D eigenvalue weighted by Crippen LogP contribution is 2.35. The van der Waals surface area contributed by atoms with E-state index in [-0.39, 0.29) is 17.5 Å². The molecule has 0 unspecified atom stereocenters. The van der Waals surface area contributed by atoms with E-state index in [1.54, 1.807) is 5.38 Å². The fourth-order valence-electron chi connectivity index (χ4n) is 3.43. The van der Waals surface area contributed by atoms with Gasteiger partial charge in [0.2, 0.25) is 0 Å². The van der Waals surface area contributed by atoms with Gasteiger partial charge in [-0.05, 0) is 50.9 Å². The number of allylic oxidation sites excluding steroid dienone is 1. The number of carboxylic acids is 1. The molecule has 156 valence electrons. The number of carboxylic acid groups (broad SMARTS) is 1. The second-order valence-electron chi connectivity index (χ2n) is 8.28. The van der Waals surface area contributed by atoms with Crippen LogP contribution in [0.3, 0.4) is 0 Å². The molecule has 1 fully saturated rings. The van der Waals surface area contributed by atoms with Gasteiger partial charge in [-0.1, -0.05) is 37.8 Å². The van der Waals surface area contributed by atoms with Crippen molar-refractivity contribution < 1.29 is 19.8 Å². The first-order valence-corrected chi connectivity index (χ1v) is 11.8. The predicted octanol–water partition coefficient (Wildman–Crippen LogP) is 5.05. The molecule has 1 heterocycles. The monoisotopic (exact) mass is 425 g/mol. The van der Waals surface area contributed by atoms with Crippen LogP contribution in [-0.2, 0) is 4.79 Å². The first-order valence-electron chi connectivity index (χ1n) is 9.91. The van der Waals surface area contributed by atoms with Gasteiger partial charge < -0.3 is 10.2 Å². The van der Waals surface area contributed by atoms with Crippen molar-refractivity contribution in [3.8, 4) is 0 Å². The molecule has 0 spiro atoms. The third-order valence-electron chi connectivity index (χ3n) is 5.21. The Kier molecular flexibility index (Phi) is 8.71. The van der Waals surface area contributed by atoms with Gasteiger partial charge in [-0.25, -0.2) is 9.78 Å². The number of aliphatic hydroxyl groups is 1. The zero-order chi connectivity index (χ0) is 20.7. The molecule has 0 radical (unpaired) electrons. The van der Waals surface area contributed by atoms with Crippen molar-refractivity contribution in [3.05, 3.63) is 23.2 Å². The van der Waals surface area contributed by atoms with Crippen LogP contribution in [0.4, 0.5) is 0 Å². The van der Waals surface area contributed by atoms with E-state index in [1.165, 1.54) is 23.1 Å². The number of carbonyl (C=O) groups is 2. The standard InChI is InChI=1S/C21H31NO4S2/c1-14(2)8-11-21(3,26)10-4-5-15-6-7-18(23)16(15)9-12-27-20-22-17(13-28-20)19(24)25/h4-5,13-16,26H,6-12H2,1-3H3,(H,24,25)/b5-4+/t15-,16+,21+/m0/s1. The van der Waals surface area contributed by atoms with E-state index in [1.807, 2.05) is 13.0 Å². The van der Waals surface area contributed by atoms with Gasteiger partial charge >= 0.3 is 5.97 Å². The summed E-state index contributed by atoms with van der Waals surface area (Å²) in [6.07, 6.45) is 8.83. The zero-order valence-electron chi connectivity index (χ0n) is 16.9. The number of ketones is 1. The Labute approximate surface area is 175 Å². The normalized spacial score (nSPS) is 22.2. The number of carbonyl (C=O) groups excluding carboxylic acids is 1. The lowest BCUT2D eigenvalue weighted by Crippen LogP contribution is -2.23. The van der Waals surface area contributed by atoms with E-state index in [2.05, 4.69) is 24.9 Å². The average Bonchev–Trinajstić information content (AvgIpc) is 3.22. The highest BCUT2D eigenvalue weighted by molar-refractivity contribution is 8.01. The number of nitrogens with zero attached hydrogens (tertiary/aromatic N) is 1. The van der Waals surface area contributed by atoms with Crippen molar-refractivity contribution in [2.45, 2.75) is 69.2 Å². The molecule has 28 heavy (non-hydrogen) atoms. The van der Waals surface area contributed by atoms with E-state index in [4.69, 9.17) is 5.11 Å². The summed E-state index contributed by atoms with van der Waals surface area (Å²) in [5.74, 6) is 0.882. The molecule has 1 aliphatic rings. The number of aromatic carboxylic acids is 1. The van der Waals surface area contributed by atoms with Gasteiger partial charge in [-0.2, -0.15) is 0 Å². The van der Waals surface area contributed by atoms with Crippen LogP contribution in [-0.4, -0.2) is 38.3 Å². The molecule has 2 rings (SSSR count). The van der Waals surface area contributed by atoms with Crippen LogP contribution < -0.4 is 0 Å². The summed E-state index contributed by atoms with van der Waals surface area (Å²) in [7, 11) is 0. The number of rotatable bonds is 11. The quantitative estimate of drug-likeness (QED) is 0.381. The lowest BCUT2D eigenvalue weighted by Gasteiger charge is -2.23. The number of aromatic nitrogens is 1. The van der Waals surface area contributed by atoms with Gasteiger partial charge in [0, 0.05) is 23.5 Å². The van der Waals surface area contributed by atoms with E-state index in [9.17, 15) is 14.7 Å². The Morgan fingerprint density at radius 2 is 2.25 bits per heavy atom. The maximum Gasteiger partial charge on any atom is 0.355 e. The Hall–Kier alpha value is -1.18. The van der Waals surface area contributed by atoms with E-state index in [0.29, 0.717) is 24.5 Å². The minimum atomic E-state index is -1.01. The van der Waals surface area contributed by atoms with Gasteiger partial charge in [-0.15, -0.1) is 11.3 Å². The van der Waals surface area contributed by atoms with Gasteiger partial charge in [0.05, 0.1) is 5.60 Å². The third-order valence-corrected chi connectivity index (χ3v) is 7.27. The fourth-order valence-corrected chi connectivity index (χ4v) is 5.33. The molecule has 0 aliphatic heterocycles. The third kappa shape index (κ3) is 7.33. The van der Waals surface area contributed by atoms with Crippen molar-refractivity contribution in [2.75, 3.05) is 5.75 Å². The summed E-state index contributed by atoms with van der Waals surface area (Å²) < 4.78 is 0.733. The molecular formula is C21H31NO4S2. The molecule has 5 nitrogen and oxygen atoms in total. The van der Waals surface area contributed by atoms with Crippen LogP contribution in [0.5, 0.6) is 0 Å². The molecule has 1 saturated carbocycles. The molecule has 1 aromatic rings. The maximum atomic E-state index is 12.3. The van der Waals surface area contributed by atoms with Crippen molar-refractivity contribution >= 4 is 34.9 Å². The van der Waals surface area contributed by atoms with E-state index in [0.717, 1.165) is 35.8 Å². The molecular weight excluding hydrogens is 394 g/mol. The number of Topliss-reactive ketones (excluding diaryl/α,β-unsaturated/α-hetero) is 1. The summed E-state index contributed by atoms with van der Waals surface area (Å²) in [6.45, 7) is 6.20. The van der Waals surface area contributed by atoms with Crippen molar-refractivity contribution in [1.29, 1.82) is 0 Å². The summed E-state index contributed by atoms with van der Waals surface area (Å²) in [6, 6.07) is 0. The SMILES string of the molecule is CC(C)CC[C@](C)(O)C/C=C/[C@H]1CCC(=O)[C@@H]1CCSc1nc(C(=O)O)cs1. The van der Waals surface area contributed by atoms with Crippen LogP contribution in [0.2, 0.25) is 0 Å². The van der Waals surface area contributed by atoms with Crippen LogP contribution in [0.15, 0.2) is 21.9 Å². The Morgan fingerprint density at radius 3 is 2.89 bits per heavy atom. The van der Waals surface area contributed by atoms with Gasteiger partial charge in [0.25, 0.3) is 0 Å². The number of thiazole rings is 1. The van der Waals surface area contributed by atoms with Crippen molar-refractivity contribution in [3.63, 3.8) is 0 Å². The first kappa shape index (κ1) is 23.1. The van der Waals surface area contributed by atoms with E-state index < -0.39 is 11.6 Å². The second kappa shape index (κ2) is 10.6. The Morgan fingerprint density at radius 1 is 1.50 bits per heavy atom. The van der Waals surface area contributed by atoms with Crippen LogP contribution in [0.25, 0.3) is 0 Å². The molecule has 2 N–H and O–H groups in total. The molecule has 0 amide bonds. The molecule has 0 bridgehead atoms. The lowest BCUT2D eigenvalue weighted by molar-refractivity contribution is -0.121. The van der Waals surface area contributed by atoms with Crippen LogP contribution >= 0.6 is 23.1 Å². The second-order valence-corrected chi connectivity index (χ2v) is 10.5. The largest absolute Gasteiger partial charge is 0.476 e. The zero-order valence-corrected chi connectivity index (χ0v) is 18.5. The number of hydrogen-bond acceptors (Lipinski definition) is 6. The number of thioether (sulfide) groups is 1. The Balaban J connectivity index is 1.82. The maximum absolute atomic E-state index is 12.3. The topological polar surface area (TPSA) is 87.5 Å². The summed E-state index contributed by atoms with van der Waals surface area (Å²) in [5, 5.41) is 21.0. The first-order chi connectivity index (χ1) is 13.2. The van der Waals surface area contributed by atoms with Crippen molar-refractivity contribution in [2.24, 2.45) is 17.8 Å². The molecule has 0 aromatic carbocycles. The average molecular weight is 426 g/mol. The summed E-state index contributed by atoms with van der Waals surface area (Å²) >= 11 is 2.84. The van der Waals surface area contributed by atoms with Gasteiger partial charge in [0.1, 0.15) is 5.78 Å². The molecule has 1 aliphatic carbocycles. The fraction of sp³-hybridized carbons (Fsp3) is 0.667. The molecule has 1 aromatic heterocycles. The summed E-state index contributed by atoms with van der Waals surface area (Å²) in [5.41, 5.74) is -0.615. The molecule has 7 heteroatoms. The van der Waals surface area contributed by atoms with Crippen LogP contribution in [0.1, 0.15) is 69.8 Å². The van der Waals surface area contributed by atoms with Gasteiger partial charge in [0.15, 0.2) is 10.0 Å². The minimum absolute atomic E-state index is 0.0169. The summed E-state index contributed by atoms with van der Waals surface area (Å²) in [4.78, 5) is 27.2. The van der Waals surface area contributed by atoms with E-state index >= 15 is 0 Å².